The average molecular weight is 527 g/mol. The summed E-state index contributed by atoms with van der Waals surface area (Å²) in [5.74, 6) is 2.25. The van der Waals surface area contributed by atoms with Crippen LogP contribution in [0.1, 0.15) is 25.3 Å². The Morgan fingerprint density at radius 2 is 1.97 bits per heavy atom. The molecule has 10 nitrogen and oxygen atoms in total. The van der Waals surface area contributed by atoms with Crippen LogP contribution in [-0.4, -0.2) is 56.8 Å². The second-order valence-corrected chi connectivity index (χ2v) is 9.13. The van der Waals surface area contributed by atoms with Crippen LogP contribution in [0.3, 0.4) is 0 Å². The molecule has 0 radical (unpaired) electrons. The maximum absolute atomic E-state index is 11.1. The largest absolute Gasteiger partial charge is 0.490 e. The van der Waals surface area contributed by atoms with Crippen molar-refractivity contribution >= 4 is 23.6 Å². The molecule has 1 aliphatic rings. The van der Waals surface area contributed by atoms with E-state index in [2.05, 4.69) is 25.2 Å². The summed E-state index contributed by atoms with van der Waals surface area (Å²) in [6.07, 6.45) is 6.88. The van der Waals surface area contributed by atoms with Crippen molar-refractivity contribution in [2.24, 2.45) is 0 Å². The lowest BCUT2D eigenvalue weighted by Crippen LogP contribution is -2.41. The molecule has 5 rings (SSSR count). The second kappa shape index (κ2) is 12.2. The van der Waals surface area contributed by atoms with E-state index >= 15 is 0 Å². The van der Waals surface area contributed by atoms with Gasteiger partial charge in [-0.15, -0.1) is 0 Å². The van der Waals surface area contributed by atoms with Gasteiger partial charge in [0, 0.05) is 18.3 Å². The van der Waals surface area contributed by atoms with Gasteiger partial charge in [-0.05, 0) is 49.6 Å². The number of ether oxygens (including phenoxy) is 2. The highest BCUT2D eigenvalue weighted by Gasteiger charge is 2.24. The van der Waals surface area contributed by atoms with Crippen LogP contribution < -0.4 is 19.7 Å². The predicted octanol–water partition coefficient (Wildman–Crippen LogP) is 4.75. The fourth-order valence-corrected chi connectivity index (χ4v) is 4.52. The van der Waals surface area contributed by atoms with E-state index in [0.29, 0.717) is 36.2 Å². The van der Waals surface area contributed by atoms with E-state index in [1.165, 1.54) is 0 Å². The van der Waals surface area contributed by atoms with Gasteiger partial charge in [-0.1, -0.05) is 30.3 Å². The van der Waals surface area contributed by atoms with Gasteiger partial charge >= 0.3 is 5.97 Å². The van der Waals surface area contributed by atoms with E-state index in [-0.39, 0.29) is 12.5 Å². The van der Waals surface area contributed by atoms with Crippen molar-refractivity contribution in [3.8, 4) is 22.8 Å². The van der Waals surface area contributed by atoms with Gasteiger partial charge in [0.15, 0.2) is 17.3 Å². The van der Waals surface area contributed by atoms with Gasteiger partial charge in [-0.2, -0.15) is 0 Å². The molecule has 0 saturated carbocycles. The number of hydrogen-bond donors (Lipinski definition) is 2. The molecule has 0 bridgehead atoms. The molecule has 3 heterocycles. The maximum Gasteiger partial charge on any atom is 0.307 e. The van der Waals surface area contributed by atoms with E-state index < -0.39 is 5.97 Å². The molecule has 0 amide bonds. The van der Waals surface area contributed by atoms with E-state index in [0.717, 1.165) is 42.3 Å². The zero-order chi connectivity index (χ0) is 27.0. The van der Waals surface area contributed by atoms with Crippen LogP contribution in [0.4, 0.5) is 17.6 Å². The highest BCUT2D eigenvalue weighted by Crippen LogP contribution is 2.30. The summed E-state index contributed by atoms with van der Waals surface area (Å²) >= 11 is 0. The van der Waals surface area contributed by atoms with Crippen molar-refractivity contribution in [3.63, 3.8) is 0 Å². The first-order valence-corrected chi connectivity index (χ1v) is 12.9. The van der Waals surface area contributed by atoms with E-state index in [1.54, 1.807) is 30.7 Å². The second-order valence-electron chi connectivity index (χ2n) is 9.13. The highest BCUT2D eigenvalue weighted by atomic mass is 16.5. The summed E-state index contributed by atoms with van der Waals surface area (Å²) in [7, 11) is 0. The molecule has 1 fully saturated rings. The van der Waals surface area contributed by atoms with Crippen LogP contribution in [0.2, 0.25) is 0 Å². The van der Waals surface area contributed by atoms with Crippen LogP contribution >= 0.6 is 0 Å². The third-order valence-electron chi connectivity index (χ3n) is 6.24. The Morgan fingerprint density at radius 1 is 1.10 bits per heavy atom. The van der Waals surface area contributed by atoms with Crippen LogP contribution in [0.25, 0.3) is 11.3 Å². The first kappa shape index (κ1) is 25.9. The van der Waals surface area contributed by atoms with Gasteiger partial charge in [0.1, 0.15) is 11.9 Å². The number of aromatic nitrogens is 4. The van der Waals surface area contributed by atoms with Gasteiger partial charge in [0.2, 0.25) is 5.95 Å². The van der Waals surface area contributed by atoms with Crippen molar-refractivity contribution in [1.29, 1.82) is 0 Å². The van der Waals surface area contributed by atoms with Crippen LogP contribution in [0, 0.1) is 0 Å². The summed E-state index contributed by atoms with van der Waals surface area (Å²) < 4.78 is 12.0. The topological polar surface area (TPSA) is 123 Å². The molecule has 2 aromatic heterocycles. The SMILES string of the molecule is CCOc1ccccc1O[C@@H]1CCCN(c2cncc(Nc3nccc(-c4cccc(CC(=O)O)c4)n3)n2)C1. The van der Waals surface area contributed by atoms with Crippen molar-refractivity contribution in [3.05, 3.63) is 78.8 Å². The van der Waals surface area contributed by atoms with Gasteiger partial charge in [0.25, 0.3) is 0 Å². The summed E-state index contributed by atoms with van der Waals surface area (Å²) in [5, 5.41) is 12.2. The number of benzene rings is 2. The van der Waals surface area contributed by atoms with Crippen LogP contribution in [0.5, 0.6) is 11.5 Å². The van der Waals surface area contributed by atoms with Crippen molar-refractivity contribution in [2.75, 3.05) is 29.9 Å². The molecular formula is C29H30N6O4. The van der Waals surface area contributed by atoms with Crippen LogP contribution in [0.15, 0.2) is 73.2 Å². The Hall–Kier alpha value is -4.73. The summed E-state index contributed by atoms with van der Waals surface area (Å²) in [5.41, 5.74) is 2.19. The lowest BCUT2D eigenvalue weighted by Gasteiger charge is -2.33. The van der Waals surface area contributed by atoms with Gasteiger partial charge < -0.3 is 24.8 Å². The number of para-hydroxylation sites is 2. The number of hydrogen-bond acceptors (Lipinski definition) is 9. The third-order valence-corrected chi connectivity index (χ3v) is 6.24. The normalized spacial score (nSPS) is 15.0. The fourth-order valence-electron chi connectivity index (χ4n) is 4.52. The number of piperidine rings is 1. The average Bonchev–Trinajstić information content (AvgIpc) is 2.95. The Bertz CT molecular complexity index is 1430. The number of nitrogens with zero attached hydrogens (tertiary/aromatic N) is 5. The smallest absolute Gasteiger partial charge is 0.307 e. The van der Waals surface area contributed by atoms with Gasteiger partial charge in [-0.25, -0.2) is 15.0 Å². The molecule has 0 unspecified atom stereocenters. The summed E-state index contributed by atoms with van der Waals surface area (Å²) in [4.78, 5) is 31.3. The number of aliphatic carboxylic acids is 1. The molecule has 2 aromatic carbocycles. The van der Waals surface area contributed by atoms with Crippen LogP contribution in [-0.2, 0) is 11.2 Å². The molecule has 39 heavy (non-hydrogen) atoms. The molecule has 1 aliphatic heterocycles. The molecule has 1 atom stereocenters. The van der Waals surface area contributed by atoms with Crippen molar-refractivity contribution in [1.82, 2.24) is 19.9 Å². The minimum Gasteiger partial charge on any atom is -0.490 e. The minimum absolute atomic E-state index is 0.00400. The Labute approximate surface area is 226 Å². The lowest BCUT2D eigenvalue weighted by molar-refractivity contribution is -0.136. The molecule has 4 aromatic rings. The third kappa shape index (κ3) is 6.78. The number of nitrogens with one attached hydrogen (secondary N) is 1. The Kier molecular flexibility index (Phi) is 8.11. The van der Waals surface area contributed by atoms with Crippen molar-refractivity contribution < 1.29 is 19.4 Å². The van der Waals surface area contributed by atoms with Gasteiger partial charge in [0.05, 0.1) is 37.7 Å². The molecule has 10 heteroatoms. The number of carbonyl (C=O) groups is 1. The summed E-state index contributed by atoms with van der Waals surface area (Å²) in [6, 6.07) is 16.8. The first-order chi connectivity index (χ1) is 19.1. The van der Waals surface area contributed by atoms with Gasteiger partial charge in [-0.3, -0.25) is 9.78 Å². The molecule has 1 saturated heterocycles. The minimum atomic E-state index is -0.877. The molecule has 200 valence electrons. The zero-order valence-corrected chi connectivity index (χ0v) is 21.7. The highest BCUT2D eigenvalue weighted by molar-refractivity contribution is 5.71. The predicted molar refractivity (Wildman–Crippen MR) is 148 cm³/mol. The number of carboxylic acid groups (broad SMARTS) is 1. The number of carboxylic acids is 1. The molecule has 2 N–H and O–H groups in total. The Balaban J connectivity index is 1.27. The first-order valence-electron chi connectivity index (χ1n) is 12.9. The number of rotatable bonds is 10. The Morgan fingerprint density at radius 3 is 2.82 bits per heavy atom. The van der Waals surface area contributed by atoms with Crippen molar-refractivity contribution in [2.45, 2.75) is 32.3 Å². The van der Waals surface area contributed by atoms with E-state index in [1.807, 2.05) is 49.4 Å². The molecule has 0 spiro atoms. The maximum atomic E-state index is 11.1. The fraction of sp³-hybridized carbons (Fsp3) is 0.276. The summed E-state index contributed by atoms with van der Waals surface area (Å²) in [6.45, 7) is 4.07. The zero-order valence-electron chi connectivity index (χ0n) is 21.7. The van der Waals surface area contributed by atoms with E-state index in [9.17, 15) is 4.79 Å². The van der Waals surface area contributed by atoms with E-state index in [4.69, 9.17) is 19.6 Å². The molecular weight excluding hydrogens is 496 g/mol. The molecule has 0 aliphatic carbocycles. The quantitative estimate of drug-likeness (QED) is 0.299. The number of anilines is 3. The standard InChI is InChI=1S/C29H30N6O4/c1-2-38-24-10-3-4-11-25(24)39-22-9-6-14-35(19-22)27-18-30-17-26(33-27)34-29-31-13-12-23(32-29)21-8-5-7-20(15-21)16-28(36)37/h3-5,7-8,10-13,15,17-18,22H,2,6,9,14,16,19H2,1H3,(H,36,37)(H,31,32,33,34)/t22-/m1/s1. The lowest BCUT2D eigenvalue weighted by atomic mass is 10.1. The monoisotopic (exact) mass is 526 g/mol.